The summed E-state index contributed by atoms with van der Waals surface area (Å²) in [4.78, 5) is 15.1. The largest absolute Gasteiger partial charge is 0.477 e. The van der Waals surface area contributed by atoms with Crippen LogP contribution in [0.4, 0.5) is 14.6 Å². The summed E-state index contributed by atoms with van der Waals surface area (Å²) in [5.74, 6) is -0.796. The van der Waals surface area contributed by atoms with E-state index in [0.29, 0.717) is 10.8 Å². The maximum Gasteiger partial charge on any atom is 0.354 e. The van der Waals surface area contributed by atoms with Gasteiger partial charge in [0.05, 0.1) is 12.1 Å². The zero-order valence-electron chi connectivity index (χ0n) is 15.8. The minimum atomic E-state index is -2.98. The van der Waals surface area contributed by atoms with E-state index >= 15 is 0 Å². The summed E-state index contributed by atoms with van der Waals surface area (Å²) in [5, 5.41) is 20.7. The van der Waals surface area contributed by atoms with Crippen LogP contribution in [-0.2, 0) is 19.0 Å². The molecule has 0 aliphatic heterocycles. The van der Waals surface area contributed by atoms with E-state index < -0.39 is 23.8 Å². The van der Waals surface area contributed by atoms with E-state index in [1.165, 1.54) is 7.05 Å². The van der Waals surface area contributed by atoms with Crippen molar-refractivity contribution in [2.45, 2.75) is 39.2 Å². The number of hydrogen-bond acceptors (Lipinski definition) is 4. The summed E-state index contributed by atoms with van der Waals surface area (Å²) in [7, 11) is 1.39. The van der Waals surface area contributed by atoms with Crippen molar-refractivity contribution in [1.29, 1.82) is 0 Å². The number of carboxylic acids is 1. The average Bonchev–Trinajstić information content (AvgIpc) is 3.11. The molecule has 150 valence electrons. The number of alkyl halides is 2. The van der Waals surface area contributed by atoms with Crippen molar-refractivity contribution in [3.05, 3.63) is 39.9 Å². The van der Waals surface area contributed by atoms with Crippen molar-refractivity contribution in [3.8, 4) is 0 Å². The number of imidazole rings is 1. The van der Waals surface area contributed by atoms with E-state index in [9.17, 15) is 18.7 Å². The van der Waals surface area contributed by atoms with E-state index in [4.69, 9.17) is 11.6 Å². The SMILES string of the molecule is Cn1c(CNc2n[nH]c3cc(Cl)c(C(C)(C)C)cc23)nc(C(F)F)c1C(=O)O. The highest BCUT2D eigenvalue weighted by Gasteiger charge is 2.26. The molecule has 0 radical (unpaired) electrons. The van der Waals surface area contributed by atoms with Crippen LogP contribution in [0.5, 0.6) is 0 Å². The second-order valence-corrected chi connectivity index (χ2v) is 7.89. The molecule has 0 aliphatic rings. The Bertz CT molecular complexity index is 1050. The van der Waals surface area contributed by atoms with Crippen molar-refractivity contribution in [3.63, 3.8) is 0 Å². The van der Waals surface area contributed by atoms with Crippen LogP contribution in [0.25, 0.3) is 10.9 Å². The summed E-state index contributed by atoms with van der Waals surface area (Å²) in [5.41, 5.74) is 0.208. The van der Waals surface area contributed by atoms with Crippen LogP contribution in [0.2, 0.25) is 5.02 Å². The fourth-order valence-corrected chi connectivity index (χ4v) is 3.49. The van der Waals surface area contributed by atoms with Crippen LogP contribution in [0, 0.1) is 0 Å². The number of benzene rings is 1. The van der Waals surface area contributed by atoms with Crippen LogP contribution in [0.1, 0.15) is 54.8 Å². The molecule has 2 heterocycles. The first-order chi connectivity index (χ1) is 13.0. The van der Waals surface area contributed by atoms with Crippen molar-refractivity contribution < 1.29 is 18.7 Å². The fraction of sp³-hybridized carbons (Fsp3) is 0.389. The lowest BCUT2D eigenvalue weighted by atomic mass is 9.86. The second kappa shape index (κ2) is 7.05. The molecule has 0 amide bonds. The third-order valence-corrected chi connectivity index (χ3v) is 4.81. The Hall–Kier alpha value is -2.68. The number of hydrogen-bond donors (Lipinski definition) is 3. The first kappa shape index (κ1) is 20.1. The fourth-order valence-electron chi connectivity index (χ4n) is 3.04. The standard InChI is InChI=1S/C18H20ClF2N5O2/c1-18(2,3)9-5-8-11(6-10(9)19)24-25-16(8)22-7-12-23-13(15(20)21)14(17(27)28)26(12)4/h5-6,15H,7H2,1-4H3,(H,27,28)(H2,22,24,25). The lowest BCUT2D eigenvalue weighted by Crippen LogP contribution is -2.12. The number of aromatic carboxylic acids is 1. The summed E-state index contributed by atoms with van der Waals surface area (Å²) in [6.07, 6.45) is -2.98. The predicted molar refractivity (Wildman–Crippen MR) is 102 cm³/mol. The Morgan fingerprint density at radius 3 is 2.61 bits per heavy atom. The van der Waals surface area contributed by atoms with Gasteiger partial charge >= 0.3 is 5.97 Å². The Kier molecular flexibility index (Phi) is 5.05. The number of carboxylic acid groups (broad SMARTS) is 1. The molecule has 3 N–H and O–H groups in total. The first-order valence-electron chi connectivity index (χ1n) is 8.49. The van der Waals surface area contributed by atoms with Crippen LogP contribution in [-0.4, -0.2) is 30.8 Å². The number of anilines is 1. The number of carbonyl (C=O) groups is 1. The van der Waals surface area contributed by atoms with Gasteiger partial charge in [0, 0.05) is 17.5 Å². The van der Waals surface area contributed by atoms with Gasteiger partial charge in [0.2, 0.25) is 0 Å². The lowest BCUT2D eigenvalue weighted by Gasteiger charge is -2.20. The van der Waals surface area contributed by atoms with E-state index in [0.717, 1.165) is 21.0 Å². The Morgan fingerprint density at radius 1 is 1.39 bits per heavy atom. The van der Waals surface area contributed by atoms with Gasteiger partial charge in [-0.3, -0.25) is 5.10 Å². The summed E-state index contributed by atoms with van der Waals surface area (Å²) in [6, 6.07) is 3.71. The highest BCUT2D eigenvalue weighted by Crippen LogP contribution is 2.34. The lowest BCUT2D eigenvalue weighted by molar-refractivity contribution is 0.0672. The van der Waals surface area contributed by atoms with Crippen LogP contribution in [0.15, 0.2) is 12.1 Å². The Balaban J connectivity index is 1.95. The number of fused-ring (bicyclic) bond motifs is 1. The molecule has 0 spiro atoms. The number of nitrogens with zero attached hydrogens (tertiary/aromatic N) is 3. The minimum absolute atomic E-state index is 0.0247. The highest BCUT2D eigenvalue weighted by atomic mass is 35.5. The van der Waals surface area contributed by atoms with Crippen molar-refractivity contribution >= 4 is 34.3 Å². The molecular weight excluding hydrogens is 392 g/mol. The number of nitrogens with one attached hydrogen (secondary N) is 2. The second-order valence-electron chi connectivity index (χ2n) is 7.48. The van der Waals surface area contributed by atoms with Gasteiger partial charge in [-0.15, -0.1) is 0 Å². The number of aromatic amines is 1. The van der Waals surface area contributed by atoms with E-state index in [2.05, 4.69) is 20.5 Å². The molecule has 0 saturated carbocycles. The van der Waals surface area contributed by atoms with Crippen molar-refractivity contribution in [2.75, 3.05) is 5.32 Å². The minimum Gasteiger partial charge on any atom is -0.477 e. The van der Waals surface area contributed by atoms with Crippen molar-refractivity contribution in [1.82, 2.24) is 19.7 Å². The topological polar surface area (TPSA) is 95.8 Å². The van der Waals surface area contributed by atoms with Gasteiger partial charge in [0.25, 0.3) is 6.43 Å². The molecule has 0 unspecified atom stereocenters. The smallest absolute Gasteiger partial charge is 0.354 e. The molecule has 0 fully saturated rings. The normalized spacial score (nSPS) is 12.1. The molecule has 0 aliphatic carbocycles. The number of halogens is 3. The predicted octanol–water partition coefficient (Wildman–Crippen LogP) is 4.50. The van der Waals surface area contributed by atoms with Gasteiger partial charge < -0.3 is 15.0 Å². The zero-order valence-corrected chi connectivity index (χ0v) is 16.5. The number of rotatable bonds is 5. The first-order valence-corrected chi connectivity index (χ1v) is 8.87. The van der Waals surface area contributed by atoms with Gasteiger partial charge in [0.1, 0.15) is 11.5 Å². The molecule has 0 bridgehead atoms. The number of aromatic nitrogens is 4. The molecular formula is C18H20ClF2N5O2. The van der Waals surface area contributed by atoms with Gasteiger partial charge in [-0.05, 0) is 23.1 Å². The Labute approximate surface area is 164 Å². The highest BCUT2D eigenvalue weighted by molar-refractivity contribution is 6.32. The van der Waals surface area contributed by atoms with Gasteiger partial charge in [-0.1, -0.05) is 32.4 Å². The molecule has 0 atom stereocenters. The molecule has 10 heteroatoms. The molecule has 28 heavy (non-hydrogen) atoms. The maximum atomic E-state index is 13.1. The average molecular weight is 412 g/mol. The molecule has 2 aromatic heterocycles. The van der Waals surface area contributed by atoms with Gasteiger partial charge in [-0.25, -0.2) is 18.6 Å². The monoisotopic (exact) mass is 411 g/mol. The Morgan fingerprint density at radius 2 is 2.07 bits per heavy atom. The van der Waals surface area contributed by atoms with E-state index in [1.54, 1.807) is 6.07 Å². The summed E-state index contributed by atoms with van der Waals surface area (Å²) in [6.45, 7) is 6.15. The molecule has 3 aromatic rings. The zero-order chi connectivity index (χ0) is 20.8. The maximum absolute atomic E-state index is 13.1. The number of H-pyrrole nitrogens is 1. The van der Waals surface area contributed by atoms with Crippen LogP contribution in [0.3, 0.4) is 0 Å². The molecule has 0 saturated heterocycles. The van der Waals surface area contributed by atoms with Gasteiger partial charge in [-0.2, -0.15) is 5.10 Å². The molecule has 3 rings (SSSR count). The van der Waals surface area contributed by atoms with Crippen molar-refractivity contribution in [2.24, 2.45) is 7.05 Å². The van der Waals surface area contributed by atoms with Gasteiger partial charge in [0.15, 0.2) is 11.5 Å². The summed E-state index contributed by atoms with van der Waals surface area (Å²) < 4.78 is 27.4. The van der Waals surface area contributed by atoms with Crippen LogP contribution < -0.4 is 5.32 Å². The summed E-state index contributed by atoms with van der Waals surface area (Å²) >= 11 is 6.36. The molecule has 1 aromatic carbocycles. The molecule has 7 nitrogen and oxygen atoms in total. The quantitative estimate of drug-likeness (QED) is 0.574. The third kappa shape index (κ3) is 3.54. The van der Waals surface area contributed by atoms with E-state index in [-0.39, 0.29) is 17.8 Å². The third-order valence-electron chi connectivity index (χ3n) is 4.50. The van der Waals surface area contributed by atoms with E-state index in [1.807, 2.05) is 26.8 Å². The van der Waals surface area contributed by atoms with Crippen LogP contribution >= 0.6 is 11.6 Å².